The van der Waals surface area contributed by atoms with Gasteiger partial charge in [0.2, 0.25) is 0 Å². The lowest BCUT2D eigenvalue weighted by Crippen LogP contribution is -2.38. The summed E-state index contributed by atoms with van der Waals surface area (Å²) >= 11 is 0. The molecule has 0 fully saturated rings. The van der Waals surface area contributed by atoms with Gasteiger partial charge in [-0.05, 0) is 26.2 Å². The van der Waals surface area contributed by atoms with E-state index >= 15 is 0 Å². The van der Waals surface area contributed by atoms with E-state index in [1.54, 1.807) is 7.05 Å². The van der Waals surface area contributed by atoms with E-state index in [0.717, 1.165) is 12.3 Å². The number of hydrogen-bond donors (Lipinski definition) is 1. The first-order valence-corrected chi connectivity index (χ1v) is 4.79. The maximum absolute atomic E-state index is 9.28. The summed E-state index contributed by atoms with van der Waals surface area (Å²) in [6, 6.07) is 0. The average Bonchev–Trinajstić information content (AvgIpc) is 1.85. The Morgan fingerprint density at radius 3 is 2.17 bits per heavy atom. The minimum Gasteiger partial charge on any atom is -0.314 e. The van der Waals surface area contributed by atoms with Crippen molar-refractivity contribution in [1.82, 2.24) is 5.06 Å². The van der Waals surface area contributed by atoms with Gasteiger partial charge in [0, 0.05) is 12.6 Å². The summed E-state index contributed by atoms with van der Waals surface area (Å²) in [5.74, 6) is 0.768. The fourth-order valence-corrected chi connectivity index (χ4v) is 1.10. The second-order valence-corrected chi connectivity index (χ2v) is 4.62. The Kier molecular flexibility index (Phi) is 4.80. The van der Waals surface area contributed by atoms with Crippen LogP contribution in [0.4, 0.5) is 0 Å². The minimum atomic E-state index is -0.0745. The van der Waals surface area contributed by atoms with Gasteiger partial charge in [0.25, 0.3) is 0 Å². The summed E-state index contributed by atoms with van der Waals surface area (Å²) in [6.07, 6.45) is 3.49. The zero-order valence-electron chi connectivity index (χ0n) is 9.09. The minimum absolute atomic E-state index is 0.0745. The lowest BCUT2D eigenvalue weighted by atomic mass is 9.94. The van der Waals surface area contributed by atoms with Crippen LogP contribution in [0, 0.1) is 5.92 Å². The highest BCUT2D eigenvalue weighted by Crippen LogP contribution is 2.19. The van der Waals surface area contributed by atoms with Crippen molar-refractivity contribution < 1.29 is 5.21 Å². The molecule has 0 radical (unpaired) electrons. The molecular formula is C10H23NO. The summed E-state index contributed by atoms with van der Waals surface area (Å²) < 4.78 is 0. The van der Waals surface area contributed by atoms with Crippen LogP contribution in [0.25, 0.3) is 0 Å². The lowest BCUT2D eigenvalue weighted by Gasteiger charge is -2.30. The second-order valence-electron chi connectivity index (χ2n) is 4.62. The van der Waals surface area contributed by atoms with E-state index in [1.165, 1.54) is 17.9 Å². The highest BCUT2D eigenvalue weighted by molar-refractivity contribution is 4.73. The lowest BCUT2D eigenvalue weighted by molar-refractivity contribution is -0.142. The Hall–Kier alpha value is -0.0800. The first-order chi connectivity index (χ1) is 5.36. The van der Waals surface area contributed by atoms with Crippen molar-refractivity contribution in [2.45, 2.75) is 52.5 Å². The first kappa shape index (κ1) is 11.9. The second kappa shape index (κ2) is 4.83. The number of hydrogen-bond acceptors (Lipinski definition) is 2. The molecule has 0 amide bonds. The normalized spacial score (nSPS) is 13.0. The quantitative estimate of drug-likeness (QED) is 0.646. The van der Waals surface area contributed by atoms with Crippen LogP contribution in [0.15, 0.2) is 0 Å². The predicted molar refractivity (Wildman–Crippen MR) is 52.3 cm³/mol. The van der Waals surface area contributed by atoms with Gasteiger partial charge in [-0.2, -0.15) is 5.06 Å². The van der Waals surface area contributed by atoms with Gasteiger partial charge in [-0.3, -0.25) is 0 Å². The van der Waals surface area contributed by atoms with Crippen molar-refractivity contribution in [2.24, 2.45) is 5.92 Å². The topological polar surface area (TPSA) is 23.5 Å². The van der Waals surface area contributed by atoms with Crippen molar-refractivity contribution in [3.8, 4) is 0 Å². The maximum atomic E-state index is 9.28. The zero-order chi connectivity index (χ0) is 9.78. The summed E-state index contributed by atoms with van der Waals surface area (Å²) in [7, 11) is 1.72. The standard InChI is InChI=1S/C10H23NO/c1-9(2)7-6-8-10(3,4)11(5)12/h9,12H,6-8H2,1-5H3. The van der Waals surface area contributed by atoms with E-state index in [1.807, 2.05) is 0 Å². The molecule has 0 saturated carbocycles. The third-order valence-electron chi connectivity index (χ3n) is 2.45. The third kappa shape index (κ3) is 4.73. The van der Waals surface area contributed by atoms with Crippen molar-refractivity contribution in [2.75, 3.05) is 7.05 Å². The summed E-state index contributed by atoms with van der Waals surface area (Å²) in [5, 5.41) is 10.6. The van der Waals surface area contributed by atoms with E-state index in [4.69, 9.17) is 0 Å². The highest BCUT2D eigenvalue weighted by Gasteiger charge is 2.21. The van der Waals surface area contributed by atoms with Crippen LogP contribution in [0.1, 0.15) is 47.0 Å². The molecule has 0 aromatic heterocycles. The summed E-state index contributed by atoms with van der Waals surface area (Å²) in [6.45, 7) is 8.59. The molecule has 0 aliphatic heterocycles. The molecule has 0 spiro atoms. The Morgan fingerprint density at radius 2 is 1.83 bits per heavy atom. The number of nitrogens with zero attached hydrogens (tertiary/aromatic N) is 1. The van der Waals surface area contributed by atoms with Crippen LogP contribution in [0.5, 0.6) is 0 Å². The molecular weight excluding hydrogens is 150 g/mol. The number of hydroxylamine groups is 2. The van der Waals surface area contributed by atoms with E-state index in [-0.39, 0.29) is 5.54 Å². The van der Waals surface area contributed by atoms with Crippen molar-refractivity contribution in [3.05, 3.63) is 0 Å². The van der Waals surface area contributed by atoms with E-state index in [2.05, 4.69) is 27.7 Å². The van der Waals surface area contributed by atoms with Crippen LogP contribution in [-0.4, -0.2) is 22.9 Å². The first-order valence-electron chi connectivity index (χ1n) is 4.79. The van der Waals surface area contributed by atoms with Gasteiger partial charge in [0.05, 0.1) is 0 Å². The third-order valence-corrected chi connectivity index (χ3v) is 2.45. The Bertz CT molecular complexity index is 119. The fourth-order valence-electron chi connectivity index (χ4n) is 1.10. The summed E-state index contributed by atoms with van der Waals surface area (Å²) in [5.41, 5.74) is -0.0745. The molecule has 0 atom stereocenters. The van der Waals surface area contributed by atoms with Gasteiger partial charge >= 0.3 is 0 Å². The van der Waals surface area contributed by atoms with Crippen LogP contribution in [-0.2, 0) is 0 Å². The van der Waals surface area contributed by atoms with Crippen molar-refractivity contribution >= 4 is 0 Å². The van der Waals surface area contributed by atoms with E-state index in [9.17, 15) is 5.21 Å². The Balaban J connectivity index is 3.61. The molecule has 0 bridgehead atoms. The van der Waals surface area contributed by atoms with Gasteiger partial charge in [0.1, 0.15) is 0 Å². The van der Waals surface area contributed by atoms with Crippen LogP contribution >= 0.6 is 0 Å². The van der Waals surface area contributed by atoms with Crippen molar-refractivity contribution in [3.63, 3.8) is 0 Å². The fraction of sp³-hybridized carbons (Fsp3) is 1.00. The molecule has 0 heterocycles. The smallest absolute Gasteiger partial charge is 0.0401 e. The molecule has 0 saturated heterocycles. The summed E-state index contributed by atoms with van der Waals surface area (Å²) in [4.78, 5) is 0. The van der Waals surface area contributed by atoms with Crippen LogP contribution in [0.3, 0.4) is 0 Å². The van der Waals surface area contributed by atoms with Crippen LogP contribution in [0.2, 0.25) is 0 Å². The molecule has 2 nitrogen and oxygen atoms in total. The molecule has 0 unspecified atom stereocenters. The molecule has 0 aliphatic rings. The Morgan fingerprint density at radius 1 is 1.33 bits per heavy atom. The maximum Gasteiger partial charge on any atom is 0.0401 e. The molecule has 0 aromatic carbocycles. The van der Waals surface area contributed by atoms with Gasteiger partial charge < -0.3 is 5.21 Å². The molecule has 12 heavy (non-hydrogen) atoms. The van der Waals surface area contributed by atoms with Gasteiger partial charge in [-0.25, -0.2) is 0 Å². The molecule has 74 valence electrons. The molecule has 0 aliphatic carbocycles. The van der Waals surface area contributed by atoms with Crippen molar-refractivity contribution in [1.29, 1.82) is 0 Å². The highest BCUT2D eigenvalue weighted by atomic mass is 16.5. The SMILES string of the molecule is CC(C)CCCC(C)(C)N(C)O. The number of rotatable bonds is 5. The average molecular weight is 173 g/mol. The van der Waals surface area contributed by atoms with E-state index in [0.29, 0.717) is 0 Å². The van der Waals surface area contributed by atoms with Gasteiger partial charge in [-0.1, -0.05) is 26.7 Å². The molecule has 2 heteroatoms. The predicted octanol–water partition coefficient (Wildman–Crippen LogP) is 2.91. The van der Waals surface area contributed by atoms with Gasteiger partial charge in [-0.15, -0.1) is 0 Å². The Labute approximate surface area is 76.5 Å². The molecule has 0 rings (SSSR count). The largest absolute Gasteiger partial charge is 0.314 e. The molecule has 1 N–H and O–H groups in total. The van der Waals surface area contributed by atoms with E-state index < -0.39 is 0 Å². The monoisotopic (exact) mass is 173 g/mol. The molecule has 0 aromatic rings. The zero-order valence-corrected chi connectivity index (χ0v) is 9.09. The van der Waals surface area contributed by atoms with Crippen LogP contribution < -0.4 is 0 Å². The van der Waals surface area contributed by atoms with Gasteiger partial charge in [0.15, 0.2) is 0 Å².